The molecule has 3 nitrogen and oxygen atoms in total. The average Bonchev–Trinajstić information content (AvgIpc) is 2.05. The van der Waals surface area contributed by atoms with Crippen LogP contribution in [0, 0.1) is 0 Å². The normalized spacial score (nSPS) is 24.8. The van der Waals surface area contributed by atoms with Crippen molar-refractivity contribution in [1.82, 2.24) is 10.2 Å². The van der Waals surface area contributed by atoms with Crippen LogP contribution in [0.2, 0.25) is 0 Å². The monoisotopic (exact) mass is 171 g/mol. The zero-order valence-electron chi connectivity index (χ0n) is 8.12. The van der Waals surface area contributed by atoms with E-state index < -0.39 is 0 Å². The summed E-state index contributed by atoms with van der Waals surface area (Å²) < 4.78 is 5.66. The van der Waals surface area contributed by atoms with Crippen LogP contribution < -0.4 is 5.32 Å². The van der Waals surface area contributed by atoms with Crippen LogP contribution in [0.5, 0.6) is 0 Å². The van der Waals surface area contributed by atoms with E-state index in [1.165, 1.54) is 12.8 Å². The third kappa shape index (κ3) is 4.04. The maximum atomic E-state index is 5.66. The van der Waals surface area contributed by atoms with Crippen molar-refractivity contribution in [2.75, 3.05) is 40.3 Å². The van der Waals surface area contributed by atoms with Crippen LogP contribution in [0.1, 0.15) is 12.8 Å². The minimum absolute atomic E-state index is 0.402. The summed E-state index contributed by atoms with van der Waals surface area (Å²) in [5, 5.41) is 4.32. The van der Waals surface area contributed by atoms with E-state index in [1.807, 2.05) is 0 Å². The Kier molecular flexibility index (Phi) is 4.58. The van der Waals surface area contributed by atoms with Crippen molar-refractivity contribution in [1.29, 1.82) is 0 Å². The van der Waals surface area contributed by atoms with Gasteiger partial charge in [0.2, 0.25) is 0 Å². The first-order chi connectivity index (χ1) is 5.79. The summed E-state index contributed by atoms with van der Waals surface area (Å²) in [6.45, 7) is 3.80. The summed E-state index contributed by atoms with van der Waals surface area (Å²) in [7, 11) is 4.13. The lowest BCUT2D eigenvalue weighted by Gasteiger charge is -2.22. The highest BCUT2D eigenvalue weighted by Crippen LogP contribution is 2.06. The number of piperidine rings is 1. The largest absolute Gasteiger partial charge is 0.376 e. The molecule has 1 saturated heterocycles. The first-order valence-corrected chi connectivity index (χ1v) is 4.68. The van der Waals surface area contributed by atoms with Gasteiger partial charge in [-0.2, -0.15) is 0 Å². The molecule has 1 unspecified atom stereocenters. The minimum Gasteiger partial charge on any atom is -0.376 e. The highest BCUT2D eigenvalue weighted by atomic mass is 16.5. The molecule has 0 saturated carbocycles. The lowest BCUT2D eigenvalue weighted by atomic mass is 10.1. The van der Waals surface area contributed by atoms with Crippen LogP contribution in [-0.4, -0.2) is 51.3 Å². The molecular formula is C9H19N2O. The molecule has 0 N–H and O–H groups in total. The predicted octanol–water partition coefficient (Wildman–Crippen LogP) is 0.331. The van der Waals surface area contributed by atoms with Gasteiger partial charge in [0, 0.05) is 19.6 Å². The SMILES string of the molecule is CN(C)CCOC1CCC[N]C1. The highest BCUT2D eigenvalue weighted by molar-refractivity contribution is 4.68. The van der Waals surface area contributed by atoms with Crippen molar-refractivity contribution in [2.45, 2.75) is 18.9 Å². The van der Waals surface area contributed by atoms with Crippen molar-refractivity contribution >= 4 is 0 Å². The second-order valence-corrected chi connectivity index (χ2v) is 3.57. The molecule has 0 amide bonds. The molecule has 0 aliphatic carbocycles. The molecule has 1 atom stereocenters. The fourth-order valence-electron chi connectivity index (χ4n) is 1.30. The number of hydrogen-bond donors (Lipinski definition) is 0. The van der Waals surface area contributed by atoms with Crippen molar-refractivity contribution in [3.05, 3.63) is 0 Å². The Morgan fingerprint density at radius 1 is 1.50 bits per heavy atom. The molecule has 1 aliphatic rings. The molecule has 1 aliphatic heterocycles. The van der Waals surface area contributed by atoms with Gasteiger partial charge in [-0.05, 0) is 26.9 Å². The van der Waals surface area contributed by atoms with Gasteiger partial charge in [0.15, 0.2) is 0 Å². The summed E-state index contributed by atoms with van der Waals surface area (Å²) in [5.41, 5.74) is 0. The molecule has 71 valence electrons. The molecule has 0 aromatic rings. The van der Waals surface area contributed by atoms with Crippen LogP contribution in [0.25, 0.3) is 0 Å². The molecule has 1 radical (unpaired) electrons. The Labute approximate surface area is 75.1 Å². The van der Waals surface area contributed by atoms with Gasteiger partial charge in [-0.3, -0.25) is 0 Å². The summed E-state index contributed by atoms with van der Waals surface area (Å²) in [5.74, 6) is 0. The van der Waals surface area contributed by atoms with Crippen molar-refractivity contribution in [2.24, 2.45) is 0 Å². The first-order valence-electron chi connectivity index (χ1n) is 4.68. The van der Waals surface area contributed by atoms with Crippen LogP contribution >= 0.6 is 0 Å². The quantitative estimate of drug-likeness (QED) is 0.609. The number of likely N-dealkylation sites (N-methyl/N-ethyl adjacent to an activating group) is 1. The van der Waals surface area contributed by atoms with Gasteiger partial charge < -0.3 is 9.64 Å². The van der Waals surface area contributed by atoms with E-state index >= 15 is 0 Å². The standard InChI is InChI=1S/C9H19N2O/c1-11(2)6-7-12-9-4-3-5-10-8-9/h9H,3-8H2,1-2H3. The topological polar surface area (TPSA) is 26.6 Å². The third-order valence-electron chi connectivity index (χ3n) is 2.07. The van der Waals surface area contributed by atoms with E-state index in [2.05, 4.69) is 24.3 Å². The van der Waals surface area contributed by atoms with Crippen LogP contribution in [0.15, 0.2) is 0 Å². The molecule has 0 spiro atoms. The second kappa shape index (κ2) is 5.51. The molecule has 3 heteroatoms. The van der Waals surface area contributed by atoms with Gasteiger partial charge in [-0.1, -0.05) is 0 Å². The van der Waals surface area contributed by atoms with Crippen molar-refractivity contribution in [3.63, 3.8) is 0 Å². The molecule has 1 heterocycles. The molecule has 0 aromatic carbocycles. The summed E-state index contributed by atoms with van der Waals surface area (Å²) in [6, 6.07) is 0. The Morgan fingerprint density at radius 2 is 2.33 bits per heavy atom. The Morgan fingerprint density at radius 3 is 2.92 bits per heavy atom. The minimum atomic E-state index is 0.402. The van der Waals surface area contributed by atoms with Gasteiger partial charge in [-0.15, -0.1) is 0 Å². The Bertz CT molecular complexity index is 111. The van der Waals surface area contributed by atoms with Gasteiger partial charge >= 0.3 is 0 Å². The maximum Gasteiger partial charge on any atom is 0.0717 e. The molecule has 0 bridgehead atoms. The van der Waals surface area contributed by atoms with Crippen LogP contribution in [0.4, 0.5) is 0 Å². The van der Waals surface area contributed by atoms with E-state index in [9.17, 15) is 0 Å². The lowest BCUT2D eigenvalue weighted by Crippen LogP contribution is -2.32. The summed E-state index contributed by atoms with van der Waals surface area (Å²) in [6.07, 6.45) is 2.79. The molecular weight excluding hydrogens is 152 g/mol. The Balaban J connectivity index is 1.98. The van der Waals surface area contributed by atoms with E-state index in [0.717, 1.165) is 26.2 Å². The van der Waals surface area contributed by atoms with E-state index in [0.29, 0.717) is 6.10 Å². The summed E-state index contributed by atoms with van der Waals surface area (Å²) >= 11 is 0. The number of hydrogen-bond acceptors (Lipinski definition) is 2. The van der Waals surface area contributed by atoms with Gasteiger partial charge in [0.05, 0.1) is 12.7 Å². The van der Waals surface area contributed by atoms with Crippen molar-refractivity contribution < 1.29 is 4.74 Å². The van der Waals surface area contributed by atoms with Gasteiger partial charge in [0.25, 0.3) is 0 Å². The van der Waals surface area contributed by atoms with E-state index in [4.69, 9.17) is 4.74 Å². The van der Waals surface area contributed by atoms with Crippen molar-refractivity contribution in [3.8, 4) is 0 Å². The first kappa shape index (κ1) is 9.96. The second-order valence-electron chi connectivity index (χ2n) is 3.57. The zero-order chi connectivity index (χ0) is 8.81. The Hall–Kier alpha value is -0.120. The van der Waals surface area contributed by atoms with Crippen LogP contribution in [0.3, 0.4) is 0 Å². The average molecular weight is 171 g/mol. The van der Waals surface area contributed by atoms with Gasteiger partial charge in [-0.25, -0.2) is 5.32 Å². The smallest absolute Gasteiger partial charge is 0.0717 e. The van der Waals surface area contributed by atoms with Crippen LogP contribution in [-0.2, 0) is 4.74 Å². The van der Waals surface area contributed by atoms with E-state index in [1.54, 1.807) is 0 Å². The third-order valence-corrected chi connectivity index (χ3v) is 2.07. The molecule has 1 fully saturated rings. The zero-order valence-corrected chi connectivity index (χ0v) is 8.12. The predicted molar refractivity (Wildman–Crippen MR) is 49.4 cm³/mol. The number of nitrogens with zero attached hydrogens (tertiary/aromatic N) is 2. The summed E-state index contributed by atoms with van der Waals surface area (Å²) in [4.78, 5) is 2.14. The highest BCUT2D eigenvalue weighted by Gasteiger charge is 2.13. The number of ether oxygens (including phenoxy) is 1. The molecule has 0 aromatic heterocycles. The lowest BCUT2D eigenvalue weighted by molar-refractivity contribution is 0.0287. The maximum absolute atomic E-state index is 5.66. The fourth-order valence-corrected chi connectivity index (χ4v) is 1.30. The molecule has 1 rings (SSSR count). The fraction of sp³-hybridized carbons (Fsp3) is 1.00. The number of rotatable bonds is 4. The van der Waals surface area contributed by atoms with Gasteiger partial charge in [0.1, 0.15) is 0 Å². The molecule has 12 heavy (non-hydrogen) atoms. The van der Waals surface area contributed by atoms with E-state index in [-0.39, 0.29) is 0 Å².